The molecule has 1 unspecified atom stereocenters. The first kappa shape index (κ1) is 21.1. The number of quaternary nitrogens is 1. The molecule has 1 aromatic rings. The van der Waals surface area contributed by atoms with E-state index < -0.39 is 40.2 Å². The van der Waals surface area contributed by atoms with Crippen molar-refractivity contribution in [2.45, 2.75) is 42.6 Å². The topological polar surface area (TPSA) is 54.4 Å². The number of imide groups is 1. The lowest BCUT2D eigenvalue weighted by Crippen LogP contribution is -2.60. The predicted molar refractivity (Wildman–Crippen MR) is 96.3 cm³/mol. The number of thioether (sulfide) groups is 1. The van der Waals surface area contributed by atoms with E-state index in [1.807, 2.05) is 0 Å². The highest BCUT2D eigenvalue weighted by Crippen LogP contribution is 2.40. The summed E-state index contributed by atoms with van der Waals surface area (Å²) in [6.45, 7) is 3.39. The molecule has 0 spiro atoms. The molecule has 2 amide bonds. The van der Waals surface area contributed by atoms with Crippen LogP contribution in [0.2, 0.25) is 0 Å². The van der Waals surface area contributed by atoms with Crippen LogP contribution >= 0.6 is 24.4 Å². The Balaban J connectivity index is 2.24. The number of amides is 2. The molecule has 1 saturated heterocycles. The molecule has 1 aliphatic heterocycles. The standard InChI is InChI=1S/C17H20F3NO3S2/c1-10(9-25)15(22)21(16(23)24)8-14(6-11(21)2)26-13-5-3-4-12(7-13)17(18,19)20/h3-5,7,10-11,14H,6,8-9H2,1-2H3,(H-,23,24,25)/p+1/t10?,11-,14-,21-/m1/s1. The summed E-state index contributed by atoms with van der Waals surface area (Å²) in [6.07, 6.45) is -5.22. The smallest absolute Gasteiger partial charge is 0.435 e. The second-order valence-electron chi connectivity index (χ2n) is 6.61. The number of carbonyl (C=O) groups excluding carboxylic acids is 1. The molecule has 1 fully saturated rings. The molecule has 1 N–H and O–H groups in total. The maximum Gasteiger partial charge on any atom is 0.521 e. The van der Waals surface area contributed by atoms with Gasteiger partial charge in [0.15, 0.2) is 0 Å². The van der Waals surface area contributed by atoms with Crippen molar-refractivity contribution in [3.05, 3.63) is 29.8 Å². The minimum atomic E-state index is -4.43. The molecule has 0 radical (unpaired) electrons. The highest BCUT2D eigenvalue weighted by molar-refractivity contribution is 8.00. The third-order valence-corrected chi connectivity index (χ3v) is 6.49. The van der Waals surface area contributed by atoms with E-state index in [0.29, 0.717) is 11.3 Å². The third kappa shape index (κ3) is 4.04. The van der Waals surface area contributed by atoms with Crippen molar-refractivity contribution in [3.8, 4) is 0 Å². The zero-order valence-electron chi connectivity index (χ0n) is 14.4. The van der Waals surface area contributed by atoms with E-state index in [4.69, 9.17) is 0 Å². The van der Waals surface area contributed by atoms with Gasteiger partial charge in [-0.25, -0.2) is 4.79 Å². The van der Waals surface area contributed by atoms with Crippen LogP contribution in [-0.2, 0) is 11.0 Å². The van der Waals surface area contributed by atoms with E-state index in [-0.39, 0.29) is 17.5 Å². The SMILES string of the molecule is CC(CS)C(=O)[N@@+]1(C(=O)O)C[C@H](Sc2cccc(C(F)(F)F)c2)C[C@H]1C. The van der Waals surface area contributed by atoms with Crippen LogP contribution in [0.4, 0.5) is 18.0 Å². The second kappa shape index (κ2) is 7.82. The molecule has 0 saturated carbocycles. The lowest BCUT2D eigenvalue weighted by Gasteiger charge is -2.31. The van der Waals surface area contributed by atoms with Gasteiger partial charge in [-0.3, -0.25) is 0 Å². The number of benzene rings is 1. The summed E-state index contributed by atoms with van der Waals surface area (Å²) in [5, 5.41) is 9.49. The summed E-state index contributed by atoms with van der Waals surface area (Å²) in [5.74, 6) is -0.689. The molecule has 1 aromatic carbocycles. The first-order chi connectivity index (χ1) is 12.0. The quantitative estimate of drug-likeness (QED) is 0.567. The molecule has 4 atom stereocenters. The van der Waals surface area contributed by atoms with Gasteiger partial charge in [0.05, 0.1) is 16.7 Å². The fourth-order valence-corrected chi connectivity index (χ4v) is 4.88. The molecule has 0 aromatic heterocycles. The molecule has 1 heterocycles. The van der Waals surface area contributed by atoms with Gasteiger partial charge in [0.25, 0.3) is 0 Å². The van der Waals surface area contributed by atoms with E-state index in [1.165, 1.54) is 17.8 Å². The van der Waals surface area contributed by atoms with Gasteiger partial charge in [-0.15, -0.1) is 11.8 Å². The van der Waals surface area contributed by atoms with Crippen LogP contribution in [0.15, 0.2) is 29.2 Å². The monoisotopic (exact) mass is 408 g/mol. The Morgan fingerprint density at radius 2 is 2.08 bits per heavy atom. The number of rotatable bonds is 4. The van der Waals surface area contributed by atoms with Crippen LogP contribution in [-0.4, -0.2) is 45.2 Å². The van der Waals surface area contributed by atoms with Crippen molar-refractivity contribution in [1.82, 2.24) is 0 Å². The number of hydrogen-bond acceptors (Lipinski definition) is 4. The van der Waals surface area contributed by atoms with Gasteiger partial charge >= 0.3 is 18.2 Å². The molecular weight excluding hydrogens is 387 g/mol. The van der Waals surface area contributed by atoms with Gasteiger partial charge in [0.1, 0.15) is 12.6 Å². The van der Waals surface area contributed by atoms with Crippen LogP contribution in [0.1, 0.15) is 25.8 Å². The molecule has 9 heteroatoms. The Morgan fingerprint density at radius 1 is 1.42 bits per heavy atom. The average molecular weight is 408 g/mol. The first-order valence-electron chi connectivity index (χ1n) is 8.12. The molecular formula is C17H21F3NO3S2+. The van der Waals surface area contributed by atoms with Crippen LogP contribution in [0, 0.1) is 5.92 Å². The lowest BCUT2D eigenvalue weighted by atomic mass is 10.1. The van der Waals surface area contributed by atoms with Crippen molar-refractivity contribution in [2.24, 2.45) is 5.92 Å². The largest absolute Gasteiger partial charge is 0.521 e. The van der Waals surface area contributed by atoms with E-state index in [0.717, 1.165) is 12.1 Å². The number of carboxylic acid groups (broad SMARTS) is 1. The minimum absolute atomic E-state index is 0.0500. The summed E-state index contributed by atoms with van der Waals surface area (Å²) >= 11 is 5.28. The van der Waals surface area contributed by atoms with Crippen molar-refractivity contribution < 1.29 is 32.3 Å². The van der Waals surface area contributed by atoms with Gasteiger partial charge in [0.2, 0.25) is 0 Å². The zero-order valence-corrected chi connectivity index (χ0v) is 16.1. The van der Waals surface area contributed by atoms with Gasteiger partial charge in [0, 0.05) is 17.1 Å². The molecule has 2 rings (SSSR count). The van der Waals surface area contributed by atoms with Gasteiger partial charge in [-0.05, 0) is 32.0 Å². The van der Waals surface area contributed by atoms with E-state index in [9.17, 15) is 27.9 Å². The molecule has 0 bridgehead atoms. The van der Waals surface area contributed by atoms with Gasteiger partial charge < -0.3 is 5.11 Å². The molecule has 26 heavy (non-hydrogen) atoms. The summed E-state index contributed by atoms with van der Waals surface area (Å²) in [7, 11) is 0. The summed E-state index contributed by atoms with van der Waals surface area (Å²) in [4.78, 5) is 25.1. The number of carbonyl (C=O) groups is 2. The summed E-state index contributed by atoms with van der Waals surface area (Å²) in [5.41, 5.74) is -0.743. The van der Waals surface area contributed by atoms with Crippen LogP contribution in [0.25, 0.3) is 0 Å². The fourth-order valence-electron chi connectivity index (χ4n) is 3.30. The van der Waals surface area contributed by atoms with E-state index in [1.54, 1.807) is 19.9 Å². The number of halogens is 3. The Bertz CT molecular complexity index is 698. The minimum Gasteiger partial charge on any atom is -0.435 e. The van der Waals surface area contributed by atoms with Gasteiger partial charge in [-0.2, -0.15) is 35.1 Å². The van der Waals surface area contributed by atoms with Crippen LogP contribution < -0.4 is 0 Å². The highest BCUT2D eigenvalue weighted by atomic mass is 32.2. The summed E-state index contributed by atoms with van der Waals surface area (Å²) in [6, 6.07) is 4.50. The van der Waals surface area contributed by atoms with E-state index >= 15 is 0 Å². The first-order valence-corrected chi connectivity index (χ1v) is 9.64. The van der Waals surface area contributed by atoms with Crippen molar-refractivity contribution in [3.63, 3.8) is 0 Å². The average Bonchev–Trinajstić information content (AvgIpc) is 2.90. The number of likely N-dealkylation sites (tertiary alicyclic amines) is 1. The van der Waals surface area contributed by atoms with Gasteiger partial charge in [-0.1, -0.05) is 6.07 Å². The maximum atomic E-state index is 12.9. The fraction of sp³-hybridized carbons (Fsp3) is 0.529. The number of thiol groups is 1. The second-order valence-corrected chi connectivity index (χ2v) is 8.34. The summed E-state index contributed by atoms with van der Waals surface area (Å²) < 4.78 is 37.9. The highest BCUT2D eigenvalue weighted by Gasteiger charge is 2.57. The number of hydrogen-bond donors (Lipinski definition) is 2. The van der Waals surface area contributed by atoms with Crippen molar-refractivity contribution >= 4 is 36.4 Å². The Hall–Kier alpha value is -1.19. The van der Waals surface area contributed by atoms with Crippen molar-refractivity contribution in [2.75, 3.05) is 12.3 Å². The molecule has 144 valence electrons. The number of alkyl halides is 3. The zero-order chi connectivity index (χ0) is 19.7. The molecule has 4 nitrogen and oxygen atoms in total. The van der Waals surface area contributed by atoms with Crippen LogP contribution in [0.5, 0.6) is 0 Å². The third-order valence-electron chi connectivity index (χ3n) is 4.74. The Kier molecular flexibility index (Phi) is 6.35. The normalized spacial score (nSPS) is 27.3. The predicted octanol–water partition coefficient (Wildman–Crippen LogP) is 4.55. The van der Waals surface area contributed by atoms with Crippen molar-refractivity contribution in [1.29, 1.82) is 0 Å². The van der Waals surface area contributed by atoms with E-state index in [2.05, 4.69) is 12.6 Å². The number of nitrogens with zero attached hydrogens (tertiary/aromatic N) is 1. The lowest BCUT2D eigenvalue weighted by molar-refractivity contribution is -0.793. The Labute approximate surface area is 159 Å². The molecule has 0 aliphatic carbocycles. The maximum absolute atomic E-state index is 12.9. The molecule has 1 aliphatic rings. The Morgan fingerprint density at radius 3 is 2.62 bits per heavy atom. The van der Waals surface area contributed by atoms with Crippen LogP contribution in [0.3, 0.4) is 0 Å².